The van der Waals surface area contributed by atoms with Crippen LogP contribution in [0.1, 0.15) is 24.1 Å². The van der Waals surface area contributed by atoms with Crippen molar-refractivity contribution >= 4 is 17.2 Å². The maximum absolute atomic E-state index is 12.1. The second-order valence-electron chi connectivity index (χ2n) is 4.18. The summed E-state index contributed by atoms with van der Waals surface area (Å²) < 4.78 is 0. The minimum atomic E-state index is 0.0428. The van der Waals surface area contributed by atoms with Crippen molar-refractivity contribution in [3.8, 4) is 0 Å². The monoisotopic (exact) mass is 239 g/mol. The molecule has 1 aliphatic heterocycles. The minimum Gasteiger partial charge on any atom is -0.394 e. The second kappa shape index (κ2) is 5.46. The van der Waals surface area contributed by atoms with E-state index in [1.54, 1.807) is 11.3 Å². The van der Waals surface area contributed by atoms with E-state index in [2.05, 4.69) is 0 Å². The number of amides is 1. The third kappa shape index (κ3) is 2.62. The number of nitrogens with zero attached hydrogens (tertiary/aromatic N) is 1. The number of carbonyl (C=O) groups is 1. The van der Waals surface area contributed by atoms with E-state index in [0.29, 0.717) is 6.42 Å². The van der Waals surface area contributed by atoms with Gasteiger partial charge in [-0.2, -0.15) is 0 Å². The van der Waals surface area contributed by atoms with Crippen molar-refractivity contribution in [1.29, 1.82) is 0 Å². The van der Waals surface area contributed by atoms with Crippen LogP contribution in [0.25, 0.3) is 0 Å². The van der Waals surface area contributed by atoms with E-state index < -0.39 is 0 Å². The maximum Gasteiger partial charge on any atom is 0.228 e. The molecule has 2 heterocycles. The van der Waals surface area contributed by atoms with E-state index in [9.17, 15) is 9.90 Å². The zero-order chi connectivity index (χ0) is 11.4. The van der Waals surface area contributed by atoms with Crippen molar-refractivity contribution in [2.45, 2.75) is 31.7 Å². The Morgan fingerprint density at radius 3 is 3.12 bits per heavy atom. The zero-order valence-corrected chi connectivity index (χ0v) is 10.1. The molecule has 1 saturated heterocycles. The molecule has 1 amide bonds. The van der Waals surface area contributed by atoms with Crippen molar-refractivity contribution in [2.75, 3.05) is 13.2 Å². The first-order valence-electron chi connectivity index (χ1n) is 5.74. The first kappa shape index (κ1) is 11.6. The molecule has 1 aromatic heterocycles. The highest BCUT2D eigenvalue weighted by atomic mass is 32.1. The van der Waals surface area contributed by atoms with Crippen LogP contribution in [0.3, 0.4) is 0 Å². The molecule has 0 radical (unpaired) electrons. The highest BCUT2D eigenvalue weighted by molar-refractivity contribution is 7.10. The number of carbonyl (C=O) groups excluding carboxylic acids is 1. The number of hydrogen-bond donors (Lipinski definition) is 1. The Bertz CT molecular complexity index is 337. The SMILES string of the molecule is O=C(Cc1cccs1)N1CCCCC1CO. The van der Waals surface area contributed by atoms with Gasteiger partial charge in [0.25, 0.3) is 0 Å². The first-order chi connectivity index (χ1) is 7.81. The van der Waals surface area contributed by atoms with E-state index in [1.807, 2.05) is 22.4 Å². The molecule has 1 atom stereocenters. The van der Waals surface area contributed by atoms with Gasteiger partial charge in [-0.1, -0.05) is 6.07 Å². The molecule has 1 unspecified atom stereocenters. The molecule has 2 rings (SSSR count). The van der Waals surface area contributed by atoms with E-state index in [1.165, 1.54) is 0 Å². The van der Waals surface area contributed by atoms with Crippen LogP contribution < -0.4 is 0 Å². The Labute approximate surface area is 99.7 Å². The topological polar surface area (TPSA) is 40.5 Å². The van der Waals surface area contributed by atoms with Gasteiger partial charge < -0.3 is 10.0 Å². The summed E-state index contributed by atoms with van der Waals surface area (Å²) in [6.07, 6.45) is 3.60. The van der Waals surface area contributed by atoms with Crippen molar-refractivity contribution < 1.29 is 9.90 Å². The number of thiophene rings is 1. The summed E-state index contributed by atoms with van der Waals surface area (Å²) in [6.45, 7) is 0.894. The largest absolute Gasteiger partial charge is 0.394 e. The number of hydrogen-bond acceptors (Lipinski definition) is 3. The lowest BCUT2D eigenvalue weighted by molar-refractivity contribution is -0.135. The molecule has 1 aliphatic rings. The summed E-state index contributed by atoms with van der Waals surface area (Å²) in [5.74, 6) is 0.154. The van der Waals surface area contributed by atoms with E-state index in [-0.39, 0.29) is 18.6 Å². The molecular formula is C12H17NO2S. The van der Waals surface area contributed by atoms with Crippen LogP contribution >= 0.6 is 11.3 Å². The van der Waals surface area contributed by atoms with Gasteiger partial charge in [0.05, 0.1) is 19.1 Å². The lowest BCUT2D eigenvalue weighted by Gasteiger charge is -2.34. The molecule has 16 heavy (non-hydrogen) atoms. The normalized spacial score (nSPS) is 21.1. The lowest BCUT2D eigenvalue weighted by Crippen LogP contribution is -2.46. The van der Waals surface area contributed by atoms with Crippen molar-refractivity contribution in [1.82, 2.24) is 4.90 Å². The van der Waals surface area contributed by atoms with Crippen LogP contribution in [0.5, 0.6) is 0 Å². The molecule has 4 heteroatoms. The smallest absolute Gasteiger partial charge is 0.228 e. The van der Waals surface area contributed by atoms with Gasteiger partial charge in [-0.15, -0.1) is 11.3 Å². The summed E-state index contributed by atoms with van der Waals surface area (Å²) >= 11 is 1.61. The fourth-order valence-electron chi connectivity index (χ4n) is 2.18. The molecule has 1 fully saturated rings. The van der Waals surface area contributed by atoms with E-state index >= 15 is 0 Å². The fourth-order valence-corrected chi connectivity index (χ4v) is 2.88. The quantitative estimate of drug-likeness (QED) is 0.871. The molecule has 0 spiro atoms. The van der Waals surface area contributed by atoms with Crippen LogP contribution in [0.15, 0.2) is 17.5 Å². The number of piperidine rings is 1. The van der Waals surface area contributed by atoms with Gasteiger partial charge in [0, 0.05) is 11.4 Å². The van der Waals surface area contributed by atoms with E-state index in [4.69, 9.17) is 0 Å². The summed E-state index contributed by atoms with van der Waals surface area (Å²) in [5.41, 5.74) is 0. The van der Waals surface area contributed by atoms with Crippen LogP contribution in [-0.4, -0.2) is 35.1 Å². The van der Waals surface area contributed by atoms with Gasteiger partial charge in [-0.05, 0) is 30.7 Å². The van der Waals surface area contributed by atoms with Gasteiger partial charge >= 0.3 is 0 Å². The van der Waals surface area contributed by atoms with Gasteiger partial charge in [0.15, 0.2) is 0 Å². The highest BCUT2D eigenvalue weighted by Gasteiger charge is 2.25. The van der Waals surface area contributed by atoms with Crippen molar-refractivity contribution in [3.05, 3.63) is 22.4 Å². The predicted octanol–water partition coefficient (Wildman–Crippen LogP) is 1.66. The number of rotatable bonds is 3. The molecule has 0 aliphatic carbocycles. The summed E-state index contributed by atoms with van der Waals surface area (Å²) in [6, 6.07) is 3.99. The zero-order valence-electron chi connectivity index (χ0n) is 9.26. The fraction of sp³-hybridized carbons (Fsp3) is 0.583. The number of likely N-dealkylation sites (tertiary alicyclic amines) is 1. The molecular weight excluding hydrogens is 222 g/mol. The molecule has 1 aromatic rings. The highest BCUT2D eigenvalue weighted by Crippen LogP contribution is 2.19. The Balaban J connectivity index is 1.97. The molecule has 1 N–H and O–H groups in total. The van der Waals surface area contributed by atoms with E-state index in [0.717, 1.165) is 30.7 Å². The van der Waals surface area contributed by atoms with Crippen LogP contribution in [-0.2, 0) is 11.2 Å². The molecule has 88 valence electrons. The maximum atomic E-state index is 12.1. The predicted molar refractivity (Wildman–Crippen MR) is 64.5 cm³/mol. The summed E-state index contributed by atoms with van der Waals surface area (Å²) in [4.78, 5) is 15.0. The second-order valence-corrected chi connectivity index (χ2v) is 5.21. The Kier molecular flexibility index (Phi) is 3.96. The van der Waals surface area contributed by atoms with Gasteiger partial charge in [0.2, 0.25) is 5.91 Å². The lowest BCUT2D eigenvalue weighted by atomic mass is 10.0. The number of aliphatic hydroxyl groups excluding tert-OH is 1. The Morgan fingerprint density at radius 1 is 1.56 bits per heavy atom. The Hall–Kier alpha value is -0.870. The first-order valence-corrected chi connectivity index (χ1v) is 6.62. The van der Waals surface area contributed by atoms with Crippen LogP contribution in [0.2, 0.25) is 0 Å². The third-order valence-corrected chi connectivity index (χ3v) is 3.94. The van der Waals surface area contributed by atoms with Gasteiger partial charge in [-0.3, -0.25) is 4.79 Å². The van der Waals surface area contributed by atoms with Crippen molar-refractivity contribution in [2.24, 2.45) is 0 Å². The minimum absolute atomic E-state index is 0.0428. The van der Waals surface area contributed by atoms with Gasteiger partial charge in [0.1, 0.15) is 0 Å². The molecule has 0 saturated carbocycles. The molecule has 3 nitrogen and oxygen atoms in total. The Morgan fingerprint density at radius 2 is 2.44 bits per heavy atom. The molecule has 0 aromatic carbocycles. The summed E-state index contributed by atoms with van der Waals surface area (Å²) in [7, 11) is 0. The summed E-state index contributed by atoms with van der Waals surface area (Å²) in [5, 5.41) is 11.2. The van der Waals surface area contributed by atoms with Crippen LogP contribution in [0, 0.1) is 0 Å². The third-order valence-electron chi connectivity index (χ3n) is 3.06. The number of aliphatic hydroxyl groups is 1. The van der Waals surface area contributed by atoms with Crippen molar-refractivity contribution in [3.63, 3.8) is 0 Å². The van der Waals surface area contributed by atoms with Crippen LogP contribution in [0.4, 0.5) is 0 Å². The average Bonchev–Trinajstić information content (AvgIpc) is 2.81. The molecule has 0 bridgehead atoms. The standard InChI is InChI=1S/C12H17NO2S/c14-9-10-4-1-2-6-13(10)12(15)8-11-5-3-7-16-11/h3,5,7,10,14H,1-2,4,6,8-9H2. The van der Waals surface area contributed by atoms with Gasteiger partial charge in [-0.25, -0.2) is 0 Å². The average molecular weight is 239 g/mol.